The molecule has 0 saturated heterocycles. The van der Waals surface area contributed by atoms with Crippen LogP contribution in [0.5, 0.6) is 5.75 Å². The summed E-state index contributed by atoms with van der Waals surface area (Å²) in [5.41, 5.74) is 7.65. The van der Waals surface area contributed by atoms with Gasteiger partial charge in [0.2, 0.25) is 0 Å². The van der Waals surface area contributed by atoms with Crippen molar-refractivity contribution in [1.82, 2.24) is 0 Å². The van der Waals surface area contributed by atoms with Crippen LogP contribution >= 0.6 is 11.6 Å². The molecule has 0 saturated carbocycles. The third kappa shape index (κ3) is 4.45. The first-order valence-corrected chi connectivity index (χ1v) is 7.29. The number of nitrogens with two attached hydrogens (primary N) is 1. The van der Waals surface area contributed by atoms with Crippen LogP contribution in [-0.2, 0) is 6.42 Å². The van der Waals surface area contributed by atoms with Crippen molar-refractivity contribution in [2.24, 2.45) is 5.73 Å². The topological polar surface area (TPSA) is 35.2 Å². The van der Waals surface area contributed by atoms with Crippen molar-refractivity contribution in [3.05, 3.63) is 64.4 Å². The molecule has 0 spiro atoms. The minimum Gasteiger partial charge on any atom is -0.491 e. The zero-order chi connectivity index (χ0) is 15.4. The minimum absolute atomic E-state index is 0.102. The Kier molecular flexibility index (Phi) is 5.21. The van der Waals surface area contributed by atoms with E-state index >= 15 is 0 Å². The molecule has 0 bridgehead atoms. The first kappa shape index (κ1) is 15.8. The lowest BCUT2D eigenvalue weighted by atomic mass is 9.99. The van der Waals surface area contributed by atoms with Gasteiger partial charge < -0.3 is 10.5 Å². The molecule has 0 aromatic heterocycles. The number of halogens is 2. The third-order valence-corrected chi connectivity index (χ3v) is 3.35. The normalized spacial score (nSPS) is 12.5. The monoisotopic (exact) mass is 307 g/mol. The van der Waals surface area contributed by atoms with E-state index in [-0.39, 0.29) is 18.0 Å². The van der Waals surface area contributed by atoms with Crippen molar-refractivity contribution in [3.63, 3.8) is 0 Å². The van der Waals surface area contributed by atoms with Crippen LogP contribution in [0.25, 0.3) is 0 Å². The van der Waals surface area contributed by atoms with Gasteiger partial charge in [-0.15, -0.1) is 0 Å². The number of rotatable bonds is 5. The molecule has 1 unspecified atom stereocenters. The molecule has 21 heavy (non-hydrogen) atoms. The largest absolute Gasteiger partial charge is 0.491 e. The Morgan fingerprint density at radius 3 is 2.62 bits per heavy atom. The molecular weight excluding hydrogens is 289 g/mol. The standard InChI is InChI=1S/C17H19ClFNO/c1-11(2)21-15-5-3-4-13(8-15)17(20)9-12-6-7-14(18)10-16(12)19/h3-8,10-11,17H,9,20H2,1-2H3. The second-order valence-electron chi connectivity index (χ2n) is 5.29. The summed E-state index contributed by atoms with van der Waals surface area (Å²) in [5.74, 6) is 0.446. The lowest BCUT2D eigenvalue weighted by molar-refractivity contribution is 0.242. The lowest BCUT2D eigenvalue weighted by Crippen LogP contribution is -2.14. The van der Waals surface area contributed by atoms with Crippen LogP contribution in [0.3, 0.4) is 0 Å². The van der Waals surface area contributed by atoms with Crippen LogP contribution in [-0.4, -0.2) is 6.10 Å². The molecule has 0 aliphatic heterocycles. The maximum Gasteiger partial charge on any atom is 0.127 e. The zero-order valence-corrected chi connectivity index (χ0v) is 12.9. The van der Waals surface area contributed by atoms with Gasteiger partial charge in [0.15, 0.2) is 0 Å². The van der Waals surface area contributed by atoms with Gasteiger partial charge in [0.1, 0.15) is 11.6 Å². The van der Waals surface area contributed by atoms with E-state index in [0.29, 0.717) is 17.0 Å². The molecule has 0 aliphatic carbocycles. The van der Waals surface area contributed by atoms with Crippen LogP contribution in [0.2, 0.25) is 5.02 Å². The van der Waals surface area contributed by atoms with Crippen LogP contribution in [0.4, 0.5) is 4.39 Å². The quantitative estimate of drug-likeness (QED) is 0.882. The average Bonchev–Trinajstić information content (AvgIpc) is 2.41. The Labute approximate surface area is 129 Å². The van der Waals surface area contributed by atoms with Gasteiger partial charge in [-0.2, -0.15) is 0 Å². The van der Waals surface area contributed by atoms with Crippen molar-refractivity contribution in [3.8, 4) is 5.75 Å². The minimum atomic E-state index is -0.326. The van der Waals surface area contributed by atoms with E-state index in [2.05, 4.69) is 0 Å². The van der Waals surface area contributed by atoms with E-state index in [4.69, 9.17) is 22.1 Å². The molecule has 0 amide bonds. The highest BCUT2D eigenvalue weighted by Gasteiger charge is 2.12. The molecule has 2 aromatic carbocycles. The predicted octanol–water partition coefficient (Wildman–Crippen LogP) is 4.51. The summed E-state index contributed by atoms with van der Waals surface area (Å²) in [7, 11) is 0. The van der Waals surface area contributed by atoms with Crippen molar-refractivity contribution in [1.29, 1.82) is 0 Å². The Bertz CT molecular complexity index is 615. The zero-order valence-electron chi connectivity index (χ0n) is 12.1. The maximum absolute atomic E-state index is 13.8. The molecule has 0 heterocycles. The first-order chi connectivity index (χ1) is 9.95. The van der Waals surface area contributed by atoms with Gasteiger partial charge >= 0.3 is 0 Å². The predicted molar refractivity (Wildman–Crippen MR) is 84.2 cm³/mol. The fourth-order valence-corrected chi connectivity index (χ4v) is 2.29. The van der Waals surface area contributed by atoms with E-state index in [1.54, 1.807) is 12.1 Å². The Hall–Kier alpha value is -1.58. The number of hydrogen-bond acceptors (Lipinski definition) is 2. The fraction of sp³-hybridized carbons (Fsp3) is 0.294. The van der Waals surface area contributed by atoms with Gasteiger partial charge in [0.25, 0.3) is 0 Å². The summed E-state index contributed by atoms with van der Waals surface area (Å²) in [6.45, 7) is 3.94. The highest BCUT2D eigenvalue weighted by atomic mass is 35.5. The van der Waals surface area contributed by atoms with E-state index in [0.717, 1.165) is 11.3 Å². The average molecular weight is 308 g/mol. The molecular formula is C17H19ClFNO. The molecule has 112 valence electrons. The Morgan fingerprint density at radius 1 is 1.19 bits per heavy atom. The molecule has 0 fully saturated rings. The molecule has 0 aliphatic rings. The molecule has 2 N–H and O–H groups in total. The molecule has 4 heteroatoms. The van der Waals surface area contributed by atoms with Crippen molar-refractivity contribution in [2.75, 3.05) is 0 Å². The molecule has 1 atom stereocenters. The summed E-state index contributed by atoms with van der Waals surface area (Å²) in [6, 6.07) is 12.0. The van der Waals surface area contributed by atoms with Gasteiger partial charge in [-0.3, -0.25) is 0 Å². The molecule has 2 rings (SSSR count). The van der Waals surface area contributed by atoms with Gasteiger partial charge in [0, 0.05) is 11.1 Å². The summed E-state index contributed by atoms with van der Waals surface area (Å²) in [5, 5.41) is 0.386. The van der Waals surface area contributed by atoms with Crippen LogP contribution in [0.15, 0.2) is 42.5 Å². The number of hydrogen-bond donors (Lipinski definition) is 1. The van der Waals surface area contributed by atoms with E-state index in [1.165, 1.54) is 6.07 Å². The van der Waals surface area contributed by atoms with Gasteiger partial charge in [-0.25, -0.2) is 4.39 Å². The molecule has 0 radical (unpaired) electrons. The Morgan fingerprint density at radius 2 is 1.95 bits per heavy atom. The second-order valence-corrected chi connectivity index (χ2v) is 5.72. The first-order valence-electron chi connectivity index (χ1n) is 6.92. The summed E-state index contributed by atoms with van der Waals surface area (Å²) < 4.78 is 19.5. The number of benzene rings is 2. The smallest absolute Gasteiger partial charge is 0.127 e. The van der Waals surface area contributed by atoms with Gasteiger partial charge in [-0.05, 0) is 55.7 Å². The van der Waals surface area contributed by atoms with Crippen molar-refractivity contribution < 1.29 is 9.13 Å². The van der Waals surface area contributed by atoms with Crippen LogP contribution in [0, 0.1) is 5.82 Å². The highest BCUT2D eigenvalue weighted by molar-refractivity contribution is 6.30. The SMILES string of the molecule is CC(C)Oc1cccc(C(N)Cc2ccc(Cl)cc2F)c1. The maximum atomic E-state index is 13.8. The van der Waals surface area contributed by atoms with Crippen molar-refractivity contribution in [2.45, 2.75) is 32.4 Å². The third-order valence-electron chi connectivity index (χ3n) is 3.11. The summed E-state index contributed by atoms with van der Waals surface area (Å²) in [6.07, 6.45) is 0.513. The lowest BCUT2D eigenvalue weighted by Gasteiger charge is -2.15. The van der Waals surface area contributed by atoms with Crippen LogP contribution in [0.1, 0.15) is 31.0 Å². The van der Waals surface area contributed by atoms with E-state index in [9.17, 15) is 4.39 Å². The van der Waals surface area contributed by atoms with E-state index in [1.807, 2.05) is 38.1 Å². The summed E-state index contributed by atoms with van der Waals surface area (Å²) in [4.78, 5) is 0. The molecule has 2 aromatic rings. The van der Waals surface area contributed by atoms with Crippen LogP contribution < -0.4 is 10.5 Å². The fourth-order valence-electron chi connectivity index (χ4n) is 2.13. The van der Waals surface area contributed by atoms with Crippen molar-refractivity contribution >= 4 is 11.6 Å². The van der Waals surface area contributed by atoms with Gasteiger partial charge in [-0.1, -0.05) is 29.8 Å². The summed E-state index contributed by atoms with van der Waals surface area (Å²) >= 11 is 5.75. The Balaban J connectivity index is 2.14. The number of ether oxygens (including phenoxy) is 1. The van der Waals surface area contributed by atoms with Gasteiger partial charge in [0.05, 0.1) is 6.10 Å². The molecule has 2 nitrogen and oxygen atoms in total. The van der Waals surface area contributed by atoms with E-state index < -0.39 is 0 Å². The highest BCUT2D eigenvalue weighted by Crippen LogP contribution is 2.23. The second kappa shape index (κ2) is 6.92.